The van der Waals surface area contributed by atoms with Crippen molar-refractivity contribution in [1.82, 2.24) is 98.4 Å². The van der Waals surface area contributed by atoms with Gasteiger partial charge in [-0.3, -0.25) is 24.4 Å². The number of rotatable bonds is 16. The van der Waals surface area contributed by atoms with Crippen molar-refractivity contribution in [1.29, 1.82) is 0 Å². The minimum Gasteiger partial charge on any atom is -0.396 e. The van der Waals surface area contributed by atoms with Gasteiger partial charge in [0, 0.05) is 72.4 Å². The zero-order valence-corrected chi connectivity index (χ0v) is 49.6. The molecule has 0 unspecified atom stereocenters. The number of nitrogens with one attached hydrogen (secondary N) is 3. The summed E-state index contributed by atoms with van der Waals surface area (Å²) in [6.45, 7) is 7.53. The molecule has 7 N–H and O–H groups in total. The first-order valence-electron chi connectivity index (χ1n) is 27.0. The first kappa shape index (κ1) is 60.8. The van der Waals surface area contributed by atoms with Crippen LogP contribution in [-0.4, -0.2) is 127 Å². The van der Waals surface area contributed by atoms with Crippen molar-refractivity contribution >= 4 is 68.9 Å². The van der Waals surface area contributed by atoms with E-state index >= 15 is 0 Å². The number of carbonyl (C=O) groups excluding carboxylic acids is 3. The number of fused-ring (bicyclic) bond motifs is 4. The lowest BCUT2D eigenvalue weighted by molar-refractivity contribution is -0.340. The molecule has 2 aliphatic carbocycles. The molecule has 0 spiro atoms. The van der Waals surface area contributed by atoms with E-state index in [-0.39, 0.29) is 51.5 Å². The normalized spacial score (nSPS) is 13.1. The van der Waals surface area contributed by atoms with E-state index in [1.54, 1.807) is 30.2 Å². The molecular weight excluding hydrogens is 1170 g/mol. The Morgan fingerprint density at radius 1 is 0.667 bits per heavy atom. The highest BCUT2D eigenvalue weighted by Crippen LogP contribution is 2.42. The van der Waals surface area contributed by atoms with Crippen LogP contribution in [0.4, 0.5) is 14.5 Å². The van der Waals surface area contributed by atoms with Gasteiger partial charge in [-0.25, -0.2) is 43.9 Å². The molecule has 11 aromatic heterocycles. The van der Waals surface area contributed by atoms with Crippen LogP contribution in [0.3, 0.4) is 0 Å². The van der Waals surface area contributed by atoms with Crippen LogP contribution in [-0.2, 0) is 45.2 Å². The molecule has 0 atom stereocenters. The van der Waals surface area contributed by atoms with Crippen LogP contribution in [0.15, 0.2) is 86.5 Å². The highest BCUT2D eigenvalue weighted by atomic mass is 35.5. The van der Waals surface area contributed by atoms with Gasteiger partial charge in [0.15, 0.2) is 34.3 Å². The third kappa shape index (κ3) is 13.7. The number of methoxy groups -OCH3 is 3. The highest BCUT2D eigenvalue weighted by molar-refractivity contribution is 6.31. The van der Waals surface area contributed by atoms with E-state index in [2.05, 4.69) is 80.7 Å². The molecule has 0 aromatic carbocycles. The van der Waals surface area contributed by atoms with Gasteiger partial charge in [0.25, 0.3) is 17.8 Å². The number of ether oxygens (including phenoxy) is 3. The van der Waals surface area contributed by atoms with Gasteiger partial charge in [-0.15, -0.1) is 20.4 Å². The minimum atomic E-state index is -0.875. The average molecular weight is 1230 g/mol. The summed E-state index contributed by atoms with van der Waals surface area (Å²) in [5, 5.41) is 29.9. The summed E-state index contributed by atoms with van der Waals surface area (Å²) in [4.78, 5) is 52.7. The molecule has 2 saturated carbocycles. The molecule has 11 aromatic rings. The maximum atomic E-state index is 14.5. The first-order chi connectivity index (χ1) is 41.8. The number of nitrogens with zero attached hydrogens (tertiary/aromatic N) is 17. The number of aryl methyl sites for hydroxylation is 2. The van der Waals surface area contributed by atoms with Crippen molar-refractivity contribution in [3.63, 3.8) is 0 Å². The third-order valence-electron chi connectivity index (χ3n) is 14.3. The van der Waals surface area contributed by atoms with E-state index in [4.69, 9.17) is 48.1 Å². The fraction of sp³-hybridized carbons (Fsp3) is 0.327. The standard InChI is InChI=1S/C26H23ClFN11O.C22H19ClFN9O.C5H12O3.C2H6N2O/c1-14-32-33-15(2)39(14)22-7-17(16-3-4-16)9-37-10-18(31-25(22)37)11-38-12-21(34-35-38)26(40)29-8-20-24-23(28)19(27)5-6-36(24)13-30-20;23-15-3-4-31-11-27-17(20(31)19(15)24)6-26-22(34)18-10-33(30-29-18)9-14-8-32-7-13(12-1-2-12)5-16(25)21(32)28-14;1-5(6-2,7-3)8-4;1-2(5)4-3/h5-7,9-10,12-13,16H,3-4,8,11H2,1-2H3,(H,29,40);3-5,7-8,10-12H,1-2,6,9,25H2,(H,26,34);1-4H3;3H2,1H3,(H,4,5). The molecule has 3 amide bonds. The number of amides is 3. The van der Waals surface area contributed by atoms with Gasteiger partial charge in [0.1, 0.15) is 22.7 Å². The average Bonchev–Trinajstić information content (AvgIpc) is 2.08. The molecule has 32 heteroatoms. The van der Waals surface area contributed by atoms with Gasteiger partial charge in [0.05, 0.1) is 95.4 Å². The number of halogens is 4. The second-order valence-corrected chi connectivity index (χ2v) is 21.3. The van der Waals surface area contributed by atoms with Gasteiger partial charge in [-0.2, -0.15) is 0 Å². The molecule has 13 rings (SSSR count). The van der Waals surface area contributed by atoms with Crippen LogP contribution in [0.5, 0.6) is 0 Å². The van der Waals surface area contributed by atoms with E-state index in [1.807, 2.05) is 51.1 Å². The van der Waals surface area contributed by atoms with E-state index in [0.29, 0.717) is 47.6 Å². The lowest BCUT2D eigenvalue weighted by Gasteiger charge is -2.23. The molecule has 0 radical (unpaired) electrons. The number of carbonyl (C=O) groups is 3. The Kier molecular flexibility index (Phi) is 18.0. The smallest absolute Gasteiger partial charge is 0.279 e. The SMILES string of the molecule is CC(=O)NN.COC(C)(OC)OC.Cc1nnc(C)n1-c1cc(C2CC2)cn2cc(Cn3cc(C(=O)NCc4ncn5ccc(Cl)c(F)c45)nn3)nc12.Nc1cc(C2CC2)cn2cc(Cn3cc(C(=O)NCc4ncn5ccc(Cl)c(F)c45)nn3)nc12. The van der Waals surface area contributed by atoms with Crippen LogP contribution >= 0.6 is 23.2 Å². The van der Waals surface area contributed by atoms with Crippen LogP contribution < -0.4 is 27.6 Å². The Balaban J connectivity index is 0.000000162. The van der Waals surface area contributed by atoms with Crippen molar-refractivity contribution in [3.8, 4) is 5.69 Å². The van der Waals surface area contributed by atoms with E-state index in [0.717, 1.165) is 34.4 Å². The van der Waals surface area contributed by atoms with Gasteiger partial charge in [-0.1, -0.05) is 33.6 Å². The second kappa shape index (κ2) is 25.7. The minimum absolute atomic E-state index is 0.0000637. The number of hydrogen-bond acceptors (Lipinski definition) is 18. The van der Waals surface area contributed by atoms with Gasteiger partial charge >= 0.3 is 0 Å². The van der Waals surface area contributed by atoms with Crippen LogP contribution in [0, 0.1) is 25.5 Å². The topological polar surface area (TPSA) is 328 Å². The van der Waals surface area contributed by atoms with Crippen molar-refractivity contribution in [2.45, 2.75) is 97.4 Å². The molecular formula is C55H60Cl2F2N22O6. The Morgan fingerprint density at radius 3 is 1.53 bits per heavy atom. The summed E-state index contributed by atoms with van der Waals surface area (Å²) in [5.41, 5.74) is 16.5. The Labute approximate surface area is 503 Å². The molecule has 28 nitrogen and oxygen atoms in total. The van der Waals surface area contributed by atoms with Gasteiger partial charge in [-0.05, 0) is 86.8 Å². The number of imidazole rings is 4. The van der Waals surface area contributed by atoms with Crippen LogP contribution in [0.1, 0.15) is 118 Å². The van der Waals surface area contributed by atoms with Crippen molar-refractivity contribution < 1.29 is 37.4 Å². The fourth-order valence-electron chi connectivity index (χ4n) is 9.24. The number of nitrogen functional groups attached to an aromatic ring is 1. The van der Waals surface area contributed by atoms with Crippen molar-refractivity contribution in [2.24, 2.45) is 5.84 Å². The maximum Gasteiger partial charge on any atom is 0.279 e. The maximum absolute atomic E-state index is 14.5. The largest absolute Gasteiger partial charge is 0.396 e. The first-order valence-corrected chi connectivity index (χ1v) is 27.8. The molecule has 87 heavy (non-hydrogen) atoms. The predicted octanol–water partition coefficient (Wildman–Crippen LogP) is 5.82. The summed E-state index contributed by atoms with van der Waals surface area (Å²) in [6, 6.07) is 7.05. The van der Waals surface area contributed by atoms with E-state index < -0.39 is 29.4 Å². The zero-order valence-electron chi connectivity index (χ0n) is 48.1. The summed E-state index contributed by atoms with van der Waals surface area (Å²) in [7, 11) is 4.56. The lowest BCUT2D eigenvalue weighted by Crippen LogP contribution is -2.31. The van der Waals surface area contributed by atoms with Crippen molar-refractivity contribution in [2.75, 3.05) is 27.1 Å². The monoisotopic (exact) mass is 1230 g/mol. The quantitative estimate of drug-likeness (QED) is 0.0329. The Morgan fingerprint density at radius 2 is 1.10 bits per heavy atom. The molecule has 11 heterocycles. The molecule has 2 aliphatic rings. The highest BCUT2D eigenvalue weighted by Gasteiger charge is 2.28. The summed E-state index contributed by atoms with van der Waals surface area (Å²) >= 11 is 11.8. The third-order valence-corrected chi connectivity index (χ3v) is 14.8. The molecule has 0 bridgehead atoms. The zero-order chi connectivity index (χ0) is 61.8. The molecule has 0 aliphatic heterocycles. The molecule has 454 valence electrons. The van der Waals surface area contributed by atoms with E-state index in [9.17, 15) is 23.2 Å². The molecule has 2 fully saturated rings. The predicted molar refractivity (Wildman–Crippen MR) is 311 cm³/mol. The molecule has 0 saturated heterocycles. The van der Waals surface area contributed by atoms with Crippen LogP contribution in [0.25, 0.3) is 28.0 Å². The lowest BCUT2D eigenvalue weighted by atomic mass is 10.1. The Bertz CT molecular complexity index is 4300. The summed E-state index contributed by atoms with van der Waals surface area (Å²) in [6.07, 6.45) is 22.0. The number of hydrogen-bond donors (Lipinski definition) is 5. The summed E-state index contributed by atoms with van der Waals surface area (Å²) < 4.78 is 55.3. The van der Waals surface area contributed by atoms with Gasteiger partial charge in [0.2, 0.25) is 5.91 Å². The number of aromatic nitrogens is 17. The fourth-order valence-corrected chi connectivity index (χ4v) is 9.54. The summed E-state index contributed by atoms with van der Waals surface area (Å²) in [5.74, 6) is 4.10. The number of pyridine rings is 4. The number of anilines is 1. The van der Waals surface area contributed by atoms with Crippen LogP contribution in [0.2, 0.25) is 10.0 Å². The van der Waals surface area contributed by atoms with Gasteiger partial charge < -0.3 is 48.2 Å². The number of hydrazine groups is 1. The Hall–Kier alpha value is -9.33. The van der Waals surface area contributed by atoms with E-state index in [1.165, 1.54) is 110 Å². The van der Waals surface area contributed by atoms with Crippen molar-refractivity contribution in [3.05, 3.63) is 165 Å². The second-order valence-electron chi connectivity index (χ2n) is 20.5. The number of nitrogens with two attached hydrogens (primary N) is 2.